The Labute approximate surface area is 119 Å². The number of benzene rings is 2. The summed E-state index contributed by atoms with van der Waals surface area (Å²) in [6, 6.07) is 13.0. The fourth-order valence-corrected chi connectivity index (χ4v) is 2.07. The number of hydrogen-bond donors (Lipinski definition) is 1. The molecule has 0 fully saturated rings. The summed E-state index contributed by atoms with van der Waals surface area (Å²) in [4.78, 5) is 0. The minimum atomic E-state index is -0.161. The van der Waals surface area contributed by atoms with Gasteiger partial charge in [0.2, 0.25) is 0 Å². The van der Waals surface area contributed by atoms with Gasteiger partial charge in [0.25, 0.3) is 0 Å². The summed E-state index contributed by atoms with van der Waals surface area (Å²) in [5.41, 5.74) is 2.77. The first-order valence-corrected chi connectivity index (χ1v) is 6.88. The summed E-state index contributed by atoms with van der Waals surface area (Å²) in [6.07, 6.45) is 1.04. The summed E-state index contributed by atoms with van der Waals surface area (Å²) in [6.45, 7) is 3.55. The highest BCUT2D eigenvalue weighted by Gasteiger charge is 2.05. The molecule has 2 aromatic rings. The molecule has 0 amide bonds. The number of rotatable bonds is 6. The lowest BCUT2D eigenvalue weighted by atomic mass is 10.0. The van der Waals surface area contributed by atoms with Gasteiger partial charge in [-0.05, 0) is 48.4 Å². The van der Waals surface area contributed by atoms with Gasteiger partial charge in [0.15, 0.2) is 0 Å². The number of methoxy groups -OCH3 is 1. The van der Waals surface area contributed by atoms with E-state index >= 15 is 0 Å². The van der Waals surface area contributed by atoms with Crippen LogP contribution in [0.4, 0.5) is 4.39 Å². The molecule has 0 aliphatic heterocycles. The van der Waals surface area contributed by atoms with Gasteiger partial charge in [-0.15, -0.1) is 0 Å². The van der Waals surface area contributed by atoms with E-state index in [4.69, 9.17) is 4.74 Å². The van der Waals surface area contributed by atoms with E-state index in [1.807, 2.05) is 30.3 Å². The summed E-state index contributed by atoms with van der Waals surface area (Å²) in [5, 5.41) is 3.23. The molecule has 0 saturated heterocycles. The summed E-state index contributed by atoms with van der Waals surface area (Å²) >= 11 is 0. The standard InChI is InChI=1S/C17H20FNO/c1-3-10-19-12-15-11-14(6-9-17(15)18)13-4-7-16(20-2)8-5-13/h4-9,11,19H,3,10,12H2,1-2H3. The van der Waals surface area contributed by atoms with Crippen LogP contribution in [0.5, 0.6) is 5.75 Å². The fourth-order valence-electron chi connectivity index (χ4n) is 2.07. The van der Waals surface area contributed by atoms with Gasteiger partial charge in [-0.2, -0.15) is 0 Å². The second-order valence-corrected chi connectivity index (χ2v) is 4.71. The summed E-state index contributed by atoms with van der Waals surface area (Å²) in [7, 11) is 1.64. The first-order valence-electron chi connectivity index (χ1n) is 6.88. The van der Waals surface area contributed by atoms with Crippen molar-refractivity contribution < 1.29 is 9.13 Å². The quantitative estimate of drug-likeness (QED) is 0.803. The summed E-state index contributed by atoms with van der Waals surface area (Å²) < 4.78 is 18.9. The van der Waals surface area contributed by atoms with E-state index in [1.165, 1.54) is 6.07 Å². The third-order valence-electron chi connectivity index (χ3n) is 3.21. The summed E-state index contributed by atoms with van der Waals surface area (Å²) in [5.74, 6) is 0.659. The number of nitrogens with one attached hydrogen (secondary N) is 1. The van der Waals surface area contributed by atoms with E-state index < -0.39 is 0 Å². The van der Waals surface area contributed by atoms with Crippen molar-refractivity contribution in [3.63, 3.8) is 0 Å². The first-order chi connectivity index (χ1) is 9.74. The zero-order chi connectivity index (χ0) is 14.4. The zero-order valence-corrected chi connectivity index (χ0v) is 11.9. The third kappa shape index (κ3) is 3.58. The Hall–Kier alpha value is -1.87. The lowest BCUT2D eigenvalue weighted by Gasteiger charge is -2.09. The van der Waals surface area contributed by atoms with Crippen molar-refractivity contribution in [1.82, 2.24) is 5.32 Å². The van der Waals surface area contributed by atoms with Crippen LogP contribution in [-0.2, 0) is 6.54 Å². The molecule has 3 heteroatoms. The first kappa shape index (κ1) is 14.5. The van der Waals surface area contributed by atoms with Crippen LogP contribution in [0, 0.1) is 5.82 Å². The molecule has 0 aromatic heterocycles. The van der Waals surface area contributed by atoms with Gasteiger partial charge in [-0.3, -0.25) is 0 Å². The van der Waals surface area contributed by atoms with E-state index in [2.05, 4.69) is 12.2 Å². The molecule has 0 saturated carbocycles. The van der Waals surface area contributed by atoms with Gasteiger partial charge in [-0.25, -0.2) is 4.39 Å². The highest BCUT2D eigenvalue weighted by atomic mass is 19.1. The van der Waals surface area contributed by atoms with E-state index in [1.54, 1.807) is 13.2 Å². The highest BCUT2D eigenvalue weighted by Crippen LogP contribution is 2.24. The monoisotopic (exact) mass is 273 g/mol. The molecule has 0 atom stereocenters. The molecule has 0 spiro atoms. The van der Waals surface area contributed by atoms with E-state index in [9.17, 15) is 4.39 Å². The molecule has 0 radical (unpaired) electrons. The normalized spacial score (nSPS) is 10.6. The molecular weight excluding hydrogens is 253 g/mol. The average Bonchev–Trinajstić information content (AvgIpc) is 2.49. The van der Waals surface area contributed by atoms with Crippen molar-refractivity contribution in [3.8, 4) is 16.9 Å². The van der Waals surface area contributed by atoms with Gasteiger partial charge >= 0.3 is 0 Å². The van der Waals surface area contributed by atoms with E-state index in [-0.39, 0.29) is 5.82 Å². The van der Waals surface area contributed by atoms with Crippen LogP contribution >= 0.6 is 0 Å². The molecule has 0 aliphatic rings. The van der Waals surface area contributed by atoms with Gasteiger partial charge in [0.1, 0.15) is 11.6 Å². The maximum atomic E-state index is 13.8. The largest absolute Gasteiger partial charge is 0.497 e. The minimum absolute atomic E-state index is 0.161. The van der Waals surface area contributed by atoms with Crippen LogP contribution in [0.2, 0.25) is 0 Å². The van der Waals surface area contributed by atoms with Crippen molar-refractivity contribution in [2.75, 3.05) is 13.7 Å². The third-order valence-corrected chi connectivity index (χ3v) is 3.21. The van der Waals surface area contributed by atoms with Crippen molar-refractivity contribution in [2.45, 2.75) is 19.9 Å². The number of hydrogen-bond acceptors (Lipinski definition) is 2. The molecule has 106 valence electrons. The maximum Gasteiger partial charge on any atom is 0.127 e. The van der Waals surface area contributed by atoms with Gasteiger partial charge < -0.3 is 10.1 Å². The van der Waals surface area contributed by atoms with Crippen LogP contribution in [0.25, 0.3) is 11.1 Å². The molecule has 2 aromatic carbocycles. The SMILES string of the molecule is CCCNCc1cc(-c2ccc(OC)cc2)ccc1F. The molecular formula is C17H20FNO. The Bertz CT molecular complexity index is 551. The Morgan fingerprint density at radius 1 is 1.05 bits per heavy atom. The number of halogens is 1. The second kappa shape index (κ2) is 7.06. The zero-order valence-electron chi connectivity index (χ0n) is 11.9. The van der Waals surface area contributed by atoms with Crippen molar-refractivity contribution in [3.05, 3.63) is 53.8 Å². The molecule has 0 unspecified atom stereocenters. The number of ether oxygens (including phenoxy) is 1. The lowest BCUT2D eigenvalue weighted by molar-refractivity contribution is 0.415. The van der Waals surface area contributed by atoms with Crippen LogP contribution in [-0.4, -0.2) is 13.7 Å². The smallest absolute Gasteiger partial charge is 0.127 e. The van der Waals surface area contributed by atoms with E-state index in [0.717, 1.165) is 29.8 Å². The Morgan fingerprint density at radius 2 is 1.75 bits per heavy atom. The Morgan fingerprint density at radius 3 is 2.40 bits per heavy atom. The van der Waals surface area contributed by atoms with Crippen LogP contribution in [0.15, 0.2) is 42.5 Å². The van der Waals surface area contributed by atoms with Crippen LogP contribution in [0.1, 0.15) is 18.9 Å². The molecule has 0 heterocycles. The predicted octanol–water partition coefficient (Wildman–Crippen LogP) is 4.00. The minimum Gasteiger partial charge on any atom is -0.497 e. The highest BCUT2D eigenvalue weighted by molar-refractivity contribution is 5.65. The predicted molar refractivity (Wildman–Crippen MR) is 80.4 cm³/mol. The molecule has 0 bridgehead atoms. The lowest BCUT2D eigenvalue weighted by Crippen LogP contribution is -2.14. The molecule has 20 heavy (non-hydrogen) atoms. The van der Waals surface area contributed by atoms with E-state index in [0.29, 0.717) is 12.1 Å². The van der Waals surface area contributed by atoms with Gasteiger partial charge in [-0.1, -0.05) is 25.1 Å². The van der Waals surface area contributed by atoms with Gasteiger partial charge in [0, 0.05) is 12.1 Å². The van der Waals surface area contributed by atoms with Crippen LogP contribution in [0.3, 0.4) is 0 Å². The molecule has 2 rings (SSSR count). The Kier molecular flexibility index (Phi) is 5.13. The van der Waals surface area contributed by atoms with Crippen molar-refractivity contribution in [2.24, 2.45) is 0 Å². The topological polar surface area (TPSA) is 21.3 Å². The second-order valence-electron chi connectivity index (χ2n) is 4.71. The van der Waals surface area contributed by atoms with Crippen molar-refractivity contribution >= 4 is 0 Å². The van der Waals surface area contributed by atoms with Crippen molar-refractivity contribution in [1.29, 1.82) is 0 Å². The van der Waals surface area contributed by atoms with Gasteiger partial charge in [0.05, 0.1) is 7.11 Å². The van der Waals surface area contributed by atoms with Crippen LogP contribution < -0.4 is 10.1 Å². The average molecular weight is 273 g/mol. The Balaban J connectivity index is 2.20. The molecule has 1 N–H and O–H groups in total. The molecule has 2 nitrogen and oxygen atoms in total. The fraction of sp³-hybridized carbons (Fsp3) is 0.294. The maximum absolute atomic E-state index is 13.8. The molecule has 0 aliphatic carbocycles.